The SMILES string of the molecule is CC/C=C\C/C=C\C/C=C\C/C=C\C/C=C\C/C=C\CCCCCCC(=O)OCC(COC(=O)CCCCCCCC)OC(=O)CCCCCCCCCC/C=C\C/C=C\C/C=C\C/C=C\CC. The van der Waals surface area contributed by atoms with Gasteiger partial charge in [-0.25, -0.2) is 0 Å². The Kier molecular flexibility index (Phi) is 52.0. The van der Waals surface area contributed by atoms with Crippen LogP contribution in [-0.4, -0.2) is 37.2 Å². The van der Waals surface area contributed by atoms with Crippen molar-refractivity contribution < 1.29 is 28.6 Å². The number of rotatable bonds is 48. The summed E-state index contributed by atoms with van der Waals surface area (Å²) < 4.78 is 16.7. The van der Waals surface area contributed by atoms with Gasteiger partial charge in [0.15, 0.2) is 6.10 Å². The first-order valence-corrected chi connectivity index (χ1v) is 27.5. The maximum atomic E-state index is 12.8. The normalized spacial score (nSPS) is 13.0. The van der Waals surface area contributed by atoms with Crippen molar-refractivity contribution in [3.63, 3.8) is 0 Å². The maximum Gasteiger partial charge on any atom is 0.306 e. The number of carbonyl (C=O) groups excluding carboxylic acids is 3. The van der Waals surface area contributed by atoms with E-state index in [-0.39, 0.29) is 31.1 Å². The first-order chi connectivity index (χ1) is 33.5. The Morgan fingerprint density at radius 1 is 0.309 bits per heavy atom. The van der Waals surface area contributed by atoms with Gasteiger partial charge in [0.25, 0.3) is 0 Å². The van der Waals surface area contributed by atoms with E-state index in [1.807, 2.05) is 0 Å². The van der Waals surface area contributed by atoms with Crippen molar-refractivity contribution in [2.45, 2.75) is 239 Å². The second-order valence-corrected chi connectivity index (χ2v) is 17.7. The van der Waals surface area contributed by atoms with Gasteiger partial charge in [-0.15, -0.1) is 0 Å². The predicted octanol–water partition coefficient (Wildman–Crippen LogP) is 18.5. The summed E-state index contributed by atoms with van der Waals surface area (Å²) in [6, 6.07) is 0. The summed E-state index contributed by atoms with van der Waals surface area (Å²) in [6.45, 7) is 6.31. The minimum absolute atomic E-state index is 0.0927. The predicted molar refractivity (Wildman–Crippen MR) is 293 cm³/mol. The van der Waals surface area contributed by atoms with Gasteiger partial charge in [0, 0.05) is 19.3 Å². The molecule has 0 saturated heterocycles. The van der Waals surface area contributed by atoms with E-state index in [9.17, 15) is 14.4 Å². The lowest BCUT2D eigenvalue weighted by Crippen LogP contribution is -2.30. The fourth-order valence-corrected chi connectivity index (χ4v) is 7.14. The van der Waals surface area contributed by atoms with Crippen LogP contribution in [0.15, 0.2) is 122 Å². The van der Waals surface area contributed by atoms with Crippen LogP contribution in [0.2, 0.25) is 0 Å². The molecule has 0 rings (SSSR count). The highest BCUT2D eigenvalue weighted by Gasteiger charge is 2.19. The second-order valence-electron chi connectivity index (χ2n) is 17.7. The van der Waals surface area contributed by atoms with Gasteiger partial charge >= 0.3 is 17.9 Å². The quantitative estimate of drug-likeness (QED) is 0.0262. The van der Waals surface area contributed by atoms with Crippen molar-refractivity contribution in [1.82, 2.24) is 0 Å². The Labute approximate surface area is 418 Å². The number of unbranched alkanes of at least 4 members (excludes halogenated alkanes) is 17. The summed E-state index contributed by atoms with van der Waals surface area (Å²) in [4.78, 5) is 37.9. The summed E-state index contributed by atoms with van der Waals surface area (Å²) in [6.07, 6.45) is 76.4. The maximum absolute atomic E-state index is 12.8. The third-order valence-electron chi connectivity index (χ3n) is 11.2. The summed E-state index contributed by atoms with van der Waals surface area (Å²) in [5, 5.41) is 0. The average molecular weight is 941 g/mol. The minimum atomic E-state index is -0.793. The molecule has 0 saturated carbocycles. The molecule has 0 bridgehead atoms. The monoisotopic (exact) mass is 941 g/mol. The lowest BCUT2D eigenvalue weighted by molar-refractivity contribution is -0.167. The van der Waals surface area contributed by atoms with Crippen LogP contribution in [0.4, 0.5) is 0 Å². The van der Waals surface area contributed by atoms with Crippen LogP contribution in [0.3, 0.4) is 0 Å². The summed E-state index contributed by atoms with van der Waals surface area (Å²) >= 11 is 0. The van der Waals surface area contributed by atoms with Gasteiger partial charge < -0.3 is 14.2 Å². The highest BCUT2D eigenvalue weighted by atomic mass is 16.6. The molecule has 0 aliphatic carbocycles. The standard InChI is InChI=1S/C62H100O6/c1-4-7-10-13-16-18-20-22-24-26-28-30-31-33-34-36-38-40-42-44-46-49-52-55-61(64)67-58-59(57-66-60(63)54-51-48-15-12-9-6-3)68-62(65)56-53-50-47-45-43-41-39-37-35-32-29-27-25-23-21-19-17-14-11-8-5-2/h7-8,10-11,16-19,22-25,28-30,32-34,38,40,59H,4-6,9,12-15,20-21,26-27,31,35-37,39,41-58H2,1-3H3/b10-7-,11-8-,18-16-,19-17-,24-22-,25-23-,30-28-,32-29-,34-33-,40-38-. The number of hydrogen-bond donors (Lipinski definition) is 0. The van der Waals surface area contributed by atoms with Crippen LogP contribution < -0.4 is 0 Å². The van der Waals surface area contributed by atoms with Gasteiger partial charge in [-0.2, -0.15) is 0 Å². The third kappa shape index (κ3) is 52.8. The van der Waals surface area contributed by atoms with Crippen LogP contribution in [0.5, 0.6) is 0 Å². The van der Waals surface area contributed by atoms with Crippen LogP contribution >= 0.6 is 0 Å². The van der Waals surface area contributed by atoms with E-state index in [1.54, 1.807) is 0 Å². The largest absolute Gasteiger partial charge is 0.462 e. The zero-order chi connectivity index (χ0) is 49.3. The van der Waals surface area contributed by atoms with E-state index in [1.165, 1.54) is 51.4 Å². The van der Waals surface area contributed by atoms with E-state index in [0.717, 1.165) is 141 Å². The highest BCUT2D eigenvalue weighted by molar-refractivity contribution is 5.71. The molecule has 0 fully saturated rings. The molecule has 0 aromatic rings. The molecule has 6 nitrogen and oxygen atoms in total. The van der Waals surface area contributed by atoms with Crippen molar-refractivity contribution in [3.8, 4) is 0 Å². The lowest BCUT2D eigenvalue weighted by atomic mass is 10.1. The zero-order valence-electron chi connectivity index (χ0n) is 43.8. The molecule has 0 spiro atoms. The van der Waals surface area contributed by atoms with E-state index in [2.05, 4.69) is 142 Å². The Bertz CT molecular complexity index is 1450. The fraction of sp³-hybridized carbons (Fsp3) is 0.629. The molecule has 0 aromatic heterocycles. The molecule has 0 radical (unpaired) electrons. The topological polar surface area (TPSA) is 78.9 Å². The Morgan fingerprint density at radius 3 is 0.897 bits per heavy atom. The number of allylic oxidation sites excluding steroid dienone is 20. The molecule has 1 unspecified atom stereocenters. The highest BCUT2D eigenvalue weighted by Crippen LogP contribution is 2.14. The molecule has 0 aliphatic rings. The third-order valence-corrected chi connectivity index (χ3v) is 11.2. The molecular formula is C62H100O6. The average Bonchev–Trinajstić information content (AvgIpc) is 3.34. The van der Waals surface area contributed by atoms with Gasteiger partial charge in [-0.3, -0.25) is 14.4 Å². The molecule has 384 valence electrons. The molecule has 0 heterocycles. The fourth-order valence-electron chi connectivity index (χ4n) is 7.14. The first-order valence-electron chi connectivity index (χ1n) is 27.5. The Morgan fingerprint density at radius 2 is 0.574 bits per heavy atom. The molecule has 68 heavy (non-hydrogen) atoms. The Balaban J connectivity index is 4.27. The van der Waals surface area contributed by atoms with Gasteiger partial charge in [-0.05, 0) is 109 Å². The molecule has 0 N–H and O–H groups in total. The van der Waals surface area contributed by atoms with Crippen molar-refractivity contribution in [3.05, 3.63) is 122 Å². The molecule has 0 amide bonds. The molecule has 0 aliphatic heterocycles. The smallest absolute Gasteiger partial charge is 0.306 e. The number of carbonyl (C=O) groups is 3. The van der Waals surface area contributed by atoms with Gasteiger partial charge in [0.1, 0.15) is 13.2 Å². The number of esters is 3. The van der Waals surface area contributed by atoms with Gasteiger partial charge in [0.05, 0.1) is 0 Å². The van der Waals surface area contributed by atoms with Crippen LogP contribution in [0, 0.1) is 0 Å². The summed E-state index contributed by atoms with van der Waals surface area (Å²) in [5.74, 6) is -0.941. The molecule has 6 heteroatoms. The lowest BCUT2D eigenvalue weighted by Gasteiger charge is -2.18. The van der Waals surface area contributed by atoms with E-state index in [0.29, 0.717) is 19.3 Å². The number of hydrogen-bond acceptors (Lipinski definition) is 6. The summed E-state index contributed by atoms with van der Waals surface area (Å²) in [7, 11) is 0. The first kappa shape index (κ1) is 63.8. The van der Waals surface area contributed by atoms with E-state index < -0.39 is 6.10 Å². The van der Waals surface area contributed by atoms with Gasteiger partial charge in [-0.1, -0.05) is 226 Å². The van der Waals surface area contributed by atoms with Crippen LogP contribution in [0.25, 0.3) is 0 Å². The molecule has 0 aromatic carbocycles. The summed E-state index contributed by atoms with van der Waals surface area (Å²) in [5.41, 5.74) is 0. The van der Waals surface area contributed by atoms with Crippen molar-refractivity contribution >= 4 is 17.9 Å². The number of ether oxygens (including phenoxy) is 3. The van der Waals surface area contributed by atoms with Crippen molar-refractivity contribution in [2.24, 2.45) is 0 Å². The minimum Gasteiger partial charge on any atom is -0.462 e. The molecular weight excluding hydrogens is 841 g/mol. The van der Waals surface area contributed by atoms with Crippen molar-refractivity contribution in [2.75, 3.05) is 13.2 Å². The van der Waals surface area contributed by atoms with Gasteiger partial charge in [0.2, 0.25) is 0 Å². The van der Waals surface area contributed by atoms with Crippen LogP contribution in [-0.2, 0) is 28.6 Å². The van der Waals surface area contributed by atoms with E-state index >= 15 is 0 Å². The molecule has 1 atom stereocenters. The zero-order valence-corrected chi connectivity index (χ0v) is 43.8. The van der Waals surface area contributed by atoms with Crippen LogP contribution in [0.1, 0.15) is 233 Å². The second kappa shape index (κ2) is 55.4. The van der Waals surface area contributed by atoms with E-state index in [4.69, 9.17) is 14.2 Å². The Hall–Kier alpha value is -4.19. The van der Waals surface area contributed by atoms with Crippen molar-refractivity contribution in [1.29, 1.82) is 0 Å².